The molecule has 18 rings (SSSR count). The van der Waals surface area contributed by atoms with E-state index in [4.69, 9.17) is 0 Å². The lowest BCUT2D eigenvalue weighted by Crippen LogP contribution is -2.17. The summed E-state index contributed by atoms with van der Waals surface area (Å²) in [5.41, 5.74) is 26.1. The number of aryl methyl sites for hydroxylation is 5. The van der Waals surface area contributed by atoms with Gasteiger partial charge in [0, 0.05) is 62.0 Å². The highest BCUT2D eigenvalue weighted by Crippen LogP contribution is 2.38. The molecule has 0 amide bonds. The third-order valence-electron chi connectivity index (χ3n) is 23.6. The molecule has 0 fully saturated rings. The van der Waals surface area contributed by atoms with Gasteiger partial charge in [-0.3, -0.25) is 0 Å². The molecule has 0 saturated carbocycles. The summed E-state index contributed by atoms with van der Waals surface area (Å²) in [6.07, 6.45) is 24.1. The van der Waals surface area contributed by atoms with E-state index < -0.39 is 11.9 Å². The van der Waals surface area contributed by atoms with E-state index in [0.29, 0.717) is 5.69 Å². The Kier molecular flexibility index (Phi) is 36.6. The number of nitrogens with zero attached hydrogens (tertiary/aromatic N) is 21. The highest BCUT2D eigenvalue weighted by molar-refractivity contribution is 5.54. The molecule has 145 heavy (non-hydrogen) atoms. The van der Waals surface area contributed by atoms with Crippen molar-refractivity contribution in [3.63, 3.8) is 0 Å². The summed E-state index contributed by atoms with van der Waals surface area (Å²) in [5.74, 6) is -0.208. The maximum Gasteiger partial charge on any atom is 0.435 e. The van der Waals surface area contributed by atoms with Gasteiger partial charge >= 0.3 is 6.18 Å². The van der Waals surface area contributed by atoms with E-state index in [1.54, 1.807) is 99.1 Å². The number of hydrogen-bond donors (Lipinski definition) is 0. The molecular formula is C120H149F4N21. The fraction of sp³-hybridized carbons (Fsp3) is 0.350. The lowest BCUT2D eigenvalue weighted by atomic mass is 9.85. The SMILES string of the molecule is CC(C)(C)c1cc(F)ccc1-n1cccn1.CC(C)(C)c1cccc(-n2cccn2)c1.CC(C)(C)c1ccccc1-n1ccc(C(F)(F)F)n1.CC(C)(C)c1ccccc1-n1cccn1.Cc1ccc(-n2cccn2)c(C(C)(C)C)c1.Cc1ccc(C(C)(C)C)c(-n2nccn2)c1.Cc1cccc(C(C)(C)C)c1-n1nccn1.Cc1cccc(C(C)(C)C)c1-n1nccn1.Cc1ccn(-c2ccccc2C(C)(C)C)n1. The quantitative estimate of drug-likeness (QED) is 0.124. The van der Waals surface area contributed by atoms with Crippen LogP contribution in [0, 0.1) is 40.4 Å². The van der Waals surface area contributed by atoms with Gasteiger partial charge in [0.15, 0.2) is 5.69 Å². The normalized spacial score (nSPS) is 11.9. The summed E-state index contributed by atoms with van der Waals surface area (Å²) in [5, 5.41) is 50.4. The van der Waals surface area contributed by atoms with Gasteiger partial charge in [-0.05, 0) is 247 Å². The maximum atomic E-state index is 13.3. The Labute approximate surface area is 856 Å². The third kappa shape index (κ3) is 31.4. The number of aromatic nitrogens is 21. The number of rotatable bonds is 9. The molecule has 21 nitrogen and oxygen atoms in total. The van der Waals surface area contributed by atoms with Gasteiger partial charge in [-0.25, -0.2) is 32.5 Å². The van der Waals surface area contributed by atoms with Crippen LogP contribution in [0.1, 0.15) is 271 Å². The number of para-hydroxylation sites is 5. The summed E-state index contributed by atoms with van der Waals surface area (Å²) < 4.78 is 61.7. The van der Waals surface area contributed by atoms with Crippen molar-refractivity contribution in [3.05, 3.63) is 413 Å². The van der Waals surface area contributed by atoms with Crippen LogP contribution in [0.5, 0.6) is 0 Å². The van der Waals surface area contributed by atoms with Crippen LogP contribution in [0.25, 0.3) is 51.2 Å². The smallest absolute Gasteiger partial charge is 0.241 e. The molecule has 18 aromatic rings. The average Bonchev–Trinajstić information content (AvgIpc) is 1.19. The molecule has 0 saturated heterocycles. The van der Waals surface area contributed by atoms with Crippen molar-refractivity contribution in [2.75, 3.05) is 0 Å². The molecule has 0 N–H and O–H groups in total. The third-order valence-corrected chi connectivity index (χ3v) is 23.6. The summed E-state index contributed by atoms with van der Waals surface area (Å²) in [6, 6.07) is 73.8. The molecule has 0 aliphatic heterocycles. The molecule has 9 heterocycles. The van der Waals surface area contributed by atoms with Gasteiger partial charge in [0.05, 0.1) is 94.1 Å². The van der Waals surface area contributed by atoms with Crippen molar-refractivity contribution in [2.45, 2.75) is 276 Å². The zero-order valence-electron chi connectivity index (χ0n) is 91.0. The lowest BCUT2D eigenvalue weighted by Gasteiger charge is -2.23. The van der Waals surface area contributed by atoms with Crippen LogP contribution >= 0.6 is 0 Å². The minimum absolute atomic E-state index is 0.0922. The molecule has 9 aromatic carbocycles. The second-order valence-corrected chi connectivity index (χ2v) is 45.3. The van der Waals surface area contributed by atoms with Crippen molar-refractivity contribution in [3.8, 4) is 51.2 Å². The van der Waals surface area contributed by atoms with Crippen LogP contribution < -0.4 is 0 Å². The van der Waals surface area contributed by atoms with Crippen molar-refractivity contribution in [1.82, 2.24) is 104 Å². The number of alkyl halides is 3. The molecule has 0 aliphatic rings. The predicted octanol–water partition coefficient (Wildman–Crippen LogP) is 29.4. The molecule has 0 atom stereocenters. The first-order chi connectivity index (χ1) is 67.8. The number of benzene rings is 9. The van der Waals surface area contributed by atoms with E-state index in [1.807, 2.05) is 132 Å². The van der Waals surface area contributed by atoms with Crippen LogP contribution in [0.15, 0.2) is 324 Å². The highest BCUT2D eigenvalue weighted by atomic mass is 19.4. The monoisotopic (exact) mass is 1960 g/mol. The molecule has 762 valence electrons. The van der Waals surface area contributed by atoms with E-state index in [-0.39, 0.29) is 54.6 Å². The fourth-order valence-electron chi connectivity index (χ4n) is 16.1. The average molecular weight is 1960 g/mol. The zero-order valence-corrected chi connectivity index (χ0v) is 91.0. The second kappa shape index (κ2) is 47.3. The first-order valence-corrected chi connectivity index (χ1v) is 49.2. The van der Waals surface area contributed by atoms with Crippen molar-refractivity contribution < 1.29 is 17.6 Å². The number of halogens is 4. The van der Waals surface area contributed by atoms with Gasteiger partial charge in [-0.2, -0.15) is 88.7 Å². The Hall–Kier alpha value is -14.6. The maximum absolute atomic E-state index is 13.3. The summed E-state index contributed by atoms with van der Waals surface area (Å²) in [4.78, 5) is 5.10. The first-order valence-electron chi connectivity index (χ1n) is 49.2. The molecule has 0 bridgehead atoms. The van der Waals surface area contributed by atoms with E-state index in [1.165, 1.54) is 89.5 Å². The Bertz CT molecular complexity index is 6800. The van der Waals surface area contributed by atoms with Gasteiger partial charge in [-0.1, -0.05) is 320 Å². The van der Waals surface area contributed by atoms with Crippen molar-refractivity contribution in [1.29, 1.82) is 0 Å². The Morgan fingerprint density at radius 3 is 0.910 bits per heavy atom. The van der Waals surface area contributed by atoms with Crippen LogP contribution in [0.2, 0.25) is 0 Å². The minimum Gasteiger partial charge on any atom is -0.241 e. The second-order valence-electron chi connectivity index (χ2n) is 45.3. The minimum atomic E-state index is -4.41. The molecular weight excluding hydrogens is 1810 g/mol. The van der Waals surface area contributed by atoms with Crippen molar-refractivity contribution in [2.24, 2.45) is 0 Å². The van der Waals surface area contributed by atoms with Gasteiger partial charge in [0.1, 0.15) is 5.82 Å². The van der Waals surface area contributed by atoms with E-state index in [2.05, 4.69) is 395 Å². The molecule has 0 radical (unpaired) electrons. The molecule has 0 spiro atoms. The standard InChI is InChI=1S/C14H15F3N2.2C14H18N2.C13H15FN2.3C13H17N3.2C13H16N2/c1-13(2,3)10-6-4-5-7-11(10)19-9-8-12(18-19)14(15,16)17;1-11-6-7-13(16-9-5-8-15-16)12(10-11)14(2,3)4;1-11-9-10-16(15-11)13-8-6-5-7-12(13)14(2,3)4;1-13(2,3)11-9-10(14)5-6-12(11)16-8-4-7-15-16;1-10-5-6-11(13(2,3)4)12(9-10)16-14-7-8-15-16;2*1-10-6-5-7-11(13(2,3)4)12(10)16-14-8-9-15-16;1-13(2,3)11-6-4-7-12(10-11)15-9-5-8-14-15;1-13(2,3)11-7-4-5-8-12(11)15-10-6-9-14-15/h4-9H,1-3H3;2*5-10H,1-4H3;4-9H,1-3H3;3*5-9H,1-4H3;2*4-10H,1-3H3. The fourth-order valence-corrected chi connectivity index (χ4v) is 16.1. The summed E-state index contributed by atoms with van der Waals surface area (Å²) >= 11 is 0. The van der Waals surface area contributed by atoms with Gasteiger partial charge < -0.3 is 0 Å². The van der Waals surface area contributed by atoms with Gasteiger partial charge in [0.2, 0.25) is 0 Å². The van der Waals surface area contributed by atoms with Crippen LogP contribution in [0.3, 0.4) is 0 Å². The summed E-state index contributed by atoms with van der Waals surface area (Å²) in [7, 11) is 0. The molecule has 0 aliphatic carbocycles. The largest absolute Gasteiger partial charge is 0.435 e. The van der Waals surface area contributed by atoms with E-state index in [9.17, 15) is 17.6 Å². The van der Waals surface area contributed by atoms with Crippen LogP contribution in [0.4, 0.5) is 17.6 Å². The number of hydrogen-bond acceptors (Lipinski definition) is 12. The molecule has 25 heteroatoms. The zero-order chi connectivity index (χ0) is 107. The Balaban J connectivity index is 0.000000167. The van der Waals surface area contributed by atoms with Gasteiger partial charge in [0.25, 0.3) is 0 Å². The highest BCUT2D eigenvalue weighted by Gasteiger charge is 2.35. The van der Waals surface area contributed by atoms with Crippen LogP contribution in [-0.2, 0) is 54.9 Å². The van der Waals surface area contributed by atoms with Crippen LogP contribution in [-0.4, -0.2) is 104 Å². The van der Waals surface area contributed by atoms with E-state index >= 15 is 0 Å². The Morgan fingerprint density at radius 1 is 0.221 bits per heavy atom. The first kappa shape index (κ1) is 112. The van der Waals surface area contributed by atoms with Crippen molar-refractivity contribution >= 4 is 0 Å². The lowest BCUT2D eigenvalue weighted by molar-refractivity contribution is -0.141. The molecule has 9 aromatic heterocycles. The van der Waals surface area contributed by atoms with E-state index in [0.717, 1.165) is 57.0 Å². The predicted molar refractivity (Wildman–Crippen MR) is 582 cm³/mol. The Morgan fingerprint density at radius 2 is 0.545 bits per heavy atom. The molecule has 0 unspecified atom stereocenters. The van der Waals surface area contributed by atoms with Gasteiger partial charge in [-0.15, -0.1) is 0 Å². The topological polar surface area (TPSA) is 199 Å². The summed E-state index contributed by atoms with van der Waals surface area (Å²) in [6.45, 7) is 69.1.